The van der Waals surface area contributed by atoms with Crippen LogP contribution in [0.15, 0.2) is 18.2 Å². The third-order valence-corrected chi connectivity index (χ3v) is 2.72. The van der Waals surface area contributed by atoms with Gasteiger partial charge < -0.3 is 10.6 Å². The molecule has 0 unspecified atom stereocenters. The minimum atomic E-state index is -0.427. The number of carbonyl (C=O) groups is 1. The molecule has 2 N–H and O–H groups in total. The molecule has 0 aromatic heterocycles. The molecule has 0 radical (unpaired) electrons. The summed E-state index contributed by atoms with van der Waals surface area (Å²) in [5.41, 5.74) is 6.05. The quantitative estimate of drug-likeness (QED) is 0.852. The molecule has 3 nitrogen and oxygen atoms in total. The summed E-state index contributed by atoms with van der Waals surface area (Å²) in [6.45, 7) is 5.19. The Balaban J connectivity index is 2.90. The van der Waals surface area contributed by atoms with Crippen molar-refractivity contribution in [2.75, 3.05) is 19.6 Å². The molecule has 1 aromatic carbocycles. The van der Waals surface area contributed by atoms with Crippen LogP contribution in [0.3, 0.4) is 0 Å². The highest BCUT2D eigenvalue weighted by Crippen LogP contribution is 2.14. The Bertz CT molecular complexity index is 393. The van der Waals surface area contributed by atoms with Gasteiger partial charge in [-0.25, -0.2) is 4.39 Å². The predicted octanol–water partition coefficient (Wildman–Crippen LogP) is 1.95. The zero-order chi connectivity index (χ0) is 12.8. The van der Waals surface area contributed by atoms with Gasteiger partial charge in [-0.05, 0) is 38.4 Å². The van der Waals surface area contributed by atoms with Crippen molar-refractivity contribution >= 4 is 5.91 Å². The lowest BCUT2D eigenvalue weighted by Gasteiger charge is -2.21. The minimum absolute atomic E-state index is 0.142. The van der Waals surface area contributed by atoms with Crippen LogP contribution in [-0.4, -0.2) is 30.4 Å². The van der Waals surface area contributed by atoms with Crippen molar-refractivity contribution < 1.29 is 9.18 Å². The van der Waals surface area contributed by atoms with Gasteiger partial charge in [-0.2, -0.15) is 0 Å². The smallest absolute Gasteiger partial charge is 0.256 e. The summed E-state index contributed by atoms with van der Waals surface area (Å²) in [5.74, 6) is -0.689. The highest BCUT2D eigenvalue weighted by Gasteiger charge is 2.18. The second kappa shape index (κ2) is 6.35. The lowest BCUT2D eigenvalue weighted by Crippen LogP contribution is -2.33. The summed E-state index contributed by atoms with van der Waals surface area (Å²) in [6.07, 6.45) is 0.729. The van der Waals surface area contributed by atoms with Gasteiger partial charge in [0, 0.05) is 13.1 Å². The number of amides is 1. The van der Waals surface area contributed by atoms with E-state index in [-0.39, 0.29) is 11.5 Å². The maximum atomic E-state index is 13.8. The summed E-state index contributed by atoms with van der Waals surface area (Å²) in [4.78, 5) is 13.7. The van der Waals surface area contributed by atoms with Crippen LogP contribution in [0.2, 0.25) is 0 Å². The van der Waals surface area contributed by atoms with E-state index in [1.54, 1.807) is 24.0 Å². The fourth-order valence-corrected chi connectivity index (χ4v) is 1.67. The molecule has 0 aliphatic heterocycles. The molecule has 0 saturated heterocycles. The zero-order valence-corrected chi connectivity index (χ0v) is 10.4. The molecular formula is C13H19FN2O. The number of aryl methyl sites for hydroxylation is 1. The van der Waals surface area contributed by atoms with E-state index < -0.39 is 5.82 Å². The average Bonchev–Trinajstić information content (AvgIpc) is 2.33. The Kier molecular flexibility index (Phi) is 5.10. The first kappa shape index (κ1) is 13.6. The van der Waals surface area contributed by atoms with Crippen LogP contribution in [0, 0.1) is 12.7 Å². The Morgan fingerprint density at radius 1 is 1.47 bits per heavy atom. The molecule has 0 bridgehead atoms. The maximum Gasteiger partial charge on any atom is 0.256 e. The van der Waals surface area contributed by atoms with Gasteiger partial charge in [0.15, 0.2) is 0 Å². The van der Waals surface area contributed by atoms with Crippen molar-refractivity contribution in [3.63, 3.8) is 0 Å². The molecule has 0 spiro atoms. The number of benzene rings is 1. The van der Waals surface area contributed by atoms with Gasteiger partial charge in [0.2, 0.25) is 0 Å². The van der Waals surface area contributed by atoms with Gasteiger partial charge in [-0.1, -0.05) is 12.1 Å². The van der Waals surface area contributed by atoms with Gasteiger partial charge >= 0.3 is 0 Å². The van der Waals surface area contributed by atoms with E-state index in [2.05, 4.69) is 0 Å². The molecule has 17 heavy (non-hydrogen) atoms. The first-order valence-electron chi connectivity index (χ1n) is 5.86. The molecule has 4 heteroatoms. The standard InChI is InChI=1S/C13H19FN2O/c1-3-16(9-5-8-15)13(17)11-7-4-6-10(2)12(11)14/h4,6-7H,3,5,8-9,15H2,1-2H3. The summed E-state index contributed by atoms with van der Waals surface area (Å²) < 4.78 is 13.8. The van der Waals surface area contributed by atoms with Crippen molar-refractivity contribution in [1.82, 2.24) is 4.90 Å². The second-order valence-corrected chi connectivity index (χ2v) is 3.96. The topological polar surface area (TPSA) is 46.3 Å². The minimum Gasteiger partial charge on any atom is -0.339 e. The van der Waals surface area contributed by atoms with Crippen LogP contribution >= 0.6 is 0 Å². The van der Waals surface area contributed by atoms with E-state index in [0.29, 0.717) is 25.2 Å². The fourth-order valence-electron chi connectivity index (χ4n) is 1.67. The number of nitrogens with zero attached hydrogens (tertiary/aromatic N) is 1. The Hall–Kier alpha value is -1.42. The number of rotatable bonds is 5. The van der Waals surface area contributed by atoms with Gasteiger partial charge in [-0.15, -0.1) is 0 Å². The van der Waals surface area contributed by atoms with E-state index in [9.17, 15) is 9.18 Å². The highest BCUT2D eigenvalue weighted by molar-refractivity contribution is 5.94. The molecule has 1 amide bonds. The van der Waals surface area contributed by atoms with Gasteiger partial charge in [0.25, 0.3) is 5.91 Å². The van der Waals surface area contributed by atoms with Gasteiger partial charge in [0.05, 0.1) is 5.56 Å². The molecule has 1 aromatic rings. The molecule has 0 heterocycles. The van der Waals surface area contributed by atoms with E-state index in [1.807, 2.05) is 6.92 Å². The third-order valence-electron chi connectivity index (χ3n) is 2.72. The normalized spacial score (nSPS) is 10.4. The largest absolute Gasteiger partial charge is 0.339 e. The van der Waals surface area contributed by atoms with Crippen LogP contribution in [0.4, 0.5) is 4.39 Å². The maximum absolute atomic E-state index is 13.8. The number of hydrogen-bond donors (Lipinski definition) is 1. The molecule has 0 atom stereocenters. The third kappa shape index (κ3) is 3.27. The molecule has 0 aliphatic carbocycles. The van der Waals surface area contributed by atoms with E-state index in [0.717, 1.165) is 6.42 Å². The van der Waals surface area contributed by atoms with Crippen molar-refractivity contribution in [1.29, 1.82) is 0 Å². The molecule has 0 aliphatic rings. The van der Waals surface area contributed by atoms with E-state index in [1.165, 1.54) is 6.07 Å². The number of hydrogen-bond acceptors (Lipinski definition) is 2. The summed E-state index contributed by atoms with van der Waals surface area (Å²) in [7, 11) is 0. The van der Waals surface area contributed by atoms with Crippen molar-refractivity contribution in [2.24, 2.45) is 5.73 Å². The number of halogens is 1. The lowest BCUT2D eigenvalue weighted by atomic mass is 10.1. The van der Waals surface area contributed by atoms with Crippen molar-refractivity contribution in [3.05, 3.63) is 35.1 Å². The monoisotopic (exact) mass is 238 g/mol. The average molecular weight is 238 g/mol. The van der Waals surface area contributed by atoms with Crippen LogP contribution in [-0.2, 0) is 0 Å². The van der Waals surface area contributed by atoms with Crippen molar-refractivity contribution in [2.45, 2.75) is 20.3 Å². The Morgan fingerprint density at radius 3 is 2.76 bits per heavy atom. The van der Waals surface area contributed by atoms with Crippen LogP contribution in [0.1, 0.15) is 29.3 Å². The van der Waals surface area contributed by atoms with Crippen LogP contribution in [0.25, 0.3) is 0 Å². The number of carbonyl (C=O) groups excluding carboxylic acids is 1. The van der Waals surface area contributed by atoms with Crippen LogP contribution < -0.4 is 5.73 Å². The first-order valence-corrected chi connectivity index (χ1v) is 5.86. The molecule has 1 rings (SSSR count). The zero-order valence-electron chi connectivity index (χ0n) is 10.4. The van der Waals surface area contributed by atoms with Gasteiger partial charge in [-0.3, -0.25) is 4.79 Å². The summed E-state index contributed by atoms with van der Waals surface area (Å²) in [6, 6.07) is 4.88. The predicted molar refractivity (Wildman–Crippen MR) is 66.4 cm³/mol. The number of nitrogens with two attached hydrogens (primary N) is 1. The highest BCUT2D eigenvalue weighted by atomic mass is 19.1. The van der Waals surface area contributed by atoms with E-state index >= 15 is 0 Å². The molecule has 0 fully saturated rings. The Labute approximate surface area is 101 Å². The summed E-state index contributed by atoms with van der Waals surface area (Å²) in [5, 5.41) is 0. The SMILES string of the molecule is CCN(CCCN)C(=O)c1cccc(C)c1F. The lowest BCUT2D eigenvalue weighted by molar-refractivity contribution is 0.0758. The summed E-state index contributed by atoms with van der Waals surface area (Å²) >= 11 is 0. The van der Waals surface area contributed by atoms with Gasteiger partial charge in [0.1, 0.15) is 5.82 Å². The van der Waals surface area contributed by atoms with E-state index in [4.69, 9.17) is 5.73 Å². The Morgan fingerprint density at radius 2 is 2.18 bits per heavy atom. The molecular weight excluding hydrogens is 219 g/mol. The molecule has 0 saturated carbocycles. The first-order chi connectivity index (χ1) is 8.11. The fraction of sp³-hybridized carbons (Fsp3) is 0.462. The second-order valence-electron chi connectivity index (χ2n) is 3.96. The van der Waals surface area contributed by atoms with Crippen molar-refractivity contribution in [3.8, 4) is 0 Å². The van der Waals surface area contributed by atoms with Crippen LogP contribution in [0.5, 0.6) is 0 Å². The molecule has 94 valence electrons.